The summed E-state index contributed by atoms with van der Waals surface area (Å²) < 4.78 is 1.61. The molecule has 0 bridgehead atoms. The van der Waals surface area contributed by atoms with Crippen LogP contribution in [-0.4, -0.2) is 31.9 Å². The number of tetrazole rings is 1. The van der Waals surface area contributed by atoms with Crippen LogP contribution < -0.4 is 5.32 Å². The van der Waals surface area contributed by atoms with Gasteiger partial charge in [-0.25, -0.2) is 0 Å². The standard InChI is InChI=1S/C17H15Cl2N5OS/c1-10-3-5-13(7-11(10)2)24-17(21-22-23-24)26-9-16(25)20-15-6-4-12(18)8-14(15)19/h3-8H,9H2,1-2H3,(H,20,25). The Morgan fingerprint density at radius 2 is 1.96 bits per heavy atom. The lowest BCUT2D eigenvalue weighted by atomic mass is 10.1. The van der Waals surface area contributed by atoms with Crippen molar-refractivity contribution < 1.29 is 4.79 Å². The summed E-state index contributed by atoms with van der Waals surface area (Å²) in [6, 6.07) is 10.9. The number of carbonyl (C=O) groups excluding carboxylic acids is 1. The molecule has 1 heterocycles. The van der Waals surface area contributed by atoms with Crippen molar-refractivity contribution in [3.63, 3.8) is 0 Å². The highest BCUT2D eigenvalue weighted by atomic mass is 35.5. The molecule has 0 saturated carbocycles. The predicted molar refractivity (Wildman–Crippen MR) is 104 cm³/mol. The number of aryl methyl sites for hydroxylation is 2. The van der Waals surface area contributed by atoms with Gasteiger partial charge in [0.05, 0.1) is 22.2 Å². The SMILES string of the molecule is Cc1ccc(-n2nnnc2SCC(=O)Nc2ccc(Cl)cc2Cl)cc1C. The van der Waals surface area contributed by atoms with Crippen LogP contribution in [0.3, 0.4) is 0 Å². The Hall–Kier alpha value is -2.09. The highest BCUT2D eigenvalue weighted by Gasteiger charge is 2.13. The van der Waals surface area contributed by atoms with Crippen LogP contribution in [0.25, 0.3) is 5.69 Å². The highest BCUT2D eigenvalue weighted by molar-refractivity contribution is 7.99. The Bertz CT molecular complexity index is 960. The van der Waals surface area contributed by atoms with Crippen molar-refractivity contribution in [1.29, 1.82) is 0 Å². The van der Waals surface area contributed by atoms with Gasteiger partial charge in [-0.3, -0.25) is 4.79 Å². The van der Waals surface area contributed by atoms with E-state index in [0.29, 0.717) is 20.9 Å². The van der Waals surface area contributed by atoms with Crippen molar-refractivity contribution in [1.82, 2.24) is 20.2 Å². The number of hydrogen-bond acceptors (Lipinski definition) is 5. The molecule has 0 aliphatic heterocycles. The number of benzene rings is 2. The summed E-state index contributed by atoms with van der Waals surface area (Å²) >= 11 is 13.2. The number of halogens is 2. The second-order valence-electron chi connectivity index (χ2n) is 5.60. The molecule has 0 atom stereocenters. The van der Waals surface area contributed by atoms with Crippen LogP contribution in [0.2, 0.25) is 10.0 Å². The summed E-state index contributed by atoms with van der Waals surface area (Å²) in [6.07, 6.45) is 0. The lowest BCUT2D eigenvalue weighted by Gasteiger charge is -2.08. The minimum absolute atomic E-state index is 0.143. The highest BCUT2D eigenvalue weighted by Crippen LogP contribution is 2.26. The van der Waals surface area contributed by atoms with Crippen LogP contribution in [0.5, 0.6) is 0 Å². The molecule has 0 spiro atoms. The molecule has 1 N–H and O–H groups in total. The third kappa shape index (κ3) is 4.35. The van der Waals surface area contributed by atoms with Crippen LogP contribution >= 0.6 is 35.0 Å². The minimum atomic E-state index is -0.214. The molecule has 2 aromatic carbocycles. The van der Waals surface area contributed by atoms with Crippen molar-refractivity contribution in [2.75, 3.05) is 11.1 Å². The van der Waals surface area contributed by atoms with Crippen molar-refractivity contribution in [2.24, 2.45) is 0 Å². The van der Waals surface area contributed by atoms with E-state index in [-0.39, 0.29) is 11.7 Å². The molecule has 0 radical (unpaired) electrons. The molecule has 3 rings (SSSR count). The van der Waals surface area contributed by atoms with E-state index in [0.717, 1.165) is 11.3 Å². The number of amides is 1. The van der Waals surface area contributed by atoms with Crippen LogP contribution in [0.4, 0.5) is 5.69 Å². The van der Waals surface area contributed by atoms with Crippen molar-refractivity contribution in [3.8, 4) is 5.69 Å². The average molecular weight is 408 g/mol. The first-order valence-electron chi connectivity index (χ1n) is 7.68. The molecule has 0 aliphatic carbocycles. The van der Waals surface area contributed by atoms with Crippen molar-refractivity contribution in [3.05, 3.63) is 57.6 Å². The number of hydrogen-bond donors (Lipinski definition) is 1. The van der Waals surface area contributed by atoms with Gasteiger partial charge >= 0.3 is 0 Å². The first kappa shape index (κ1) is 18.7. The Kier molecular flexibility index (Phi) is 5.80. The van der Waals surface area contributed by atoms with Crippen LogP contribution in [0, 0.1) is 13.8 Å². The topological polar surface area (TPSA) is 72.7 Å². The zero-order chi connectivity index (χ0) is 18.7. The lowest BCUT2D eigenvalue weighted by molar-refractivity contribution is -0.113. The van der Waals surface area contributed by atoms with E-state index in [9.17, 15) is 4.79 Å². The van der Waals surface area contributed by atoms with E-state index in [1.165, 1.54) is 17.3 Å². The molecule has 134 valence electrons. The van der Waals surface area contributed by atoms with Gasteiger partial charge in [-0.1, -0.05) is 41.0 Å². The molecule has 0 fully saturated rings. The number of nitrogens with one attached hydrogen (secondary N) is 1. The van der Waals surface area contributed by atoms with Gasteiger partial charge in [0.15, 0.2) is 0 Å². The molecule has 1 aromatic heterocycles. The predicted octanol–water partition coefficient (Wildman–Crippen LogP) is 4.32. The number of aromatic nitrogens is 4. The van der Waals surface area contributed by atoms with Gasteiger partial charge in [-0.05, 0) is 65.7 Å². The fraction of sp³-hybridized carbons (Fsp3) is 0.176. The van der Waals surface area contributed by atoms with E-state index in [1.807, 2.05) is 32.0 Å². The molecule has 3 aromatic rings. The fourth-order valence-electron chi connectivity index (χ4n) is 2.20. The molecule has 6 nitrogen and oxygen atoms in total. The van der Waals surface area contributed by atoms with E-state index in [4.69, 9.17) is 23.2 Å². The quantitative estimate of drug-likeness (QED) is 0.637. The molecule has 0 unspecified atom stereocenters. The van der Waals surface area contributed by atoms with E-state index >= 15 is 0 Å². The van der Waals surface area contributed by atoms with Gasteiger partial charge in [0.2, 0.25) is 11.1 Å². The minimum Gasteiger partial charge on any atom is -0.324 e. The summed E-state index contributed by atoms with van der Waals surface area (Å²) in [6.45, 7) is 4.07. The van der Waals surface area contributed by atoms with Gasteiger partial charge < -0.3 is 5.32 Å². The number of anilines is 1. The maximum Gasteiger partial charge on any atom is 0.234 e. The third-order valence-electron chi connectivity index (χ3n) is 3.71. The maximum absolute atomic E-state index is 12.2. The molecular weight excluding hydrogens is 393 g/mol. The van der Waals surface area contributed by atoms with E-state index in [2.05, 4.69) is 20.8 Å². The summed E-state index contributed by atoms with van der Waals surface area (Å²) in [5.41, 5.74) is 3.69. The molecule has 0 aliphatic rings. The zero-order valence-electron chi connectivity index (χ0n) is 14.0. The monoisotopic (exact) mass is 407 g/mol. The van der Waals surface area contributed by atoms with Gasteiger partial charge in [-0.2, -0.15) is 4.68 Å². The van der Waals surface area contributed by atoms with E-state index < -0.39 is 0 Å². The summed E-state index contributed by atoms with van der Waals surface area (Å²) in [7, 11) is 0. The maximum atomic E-state index is 12.2. The van der Waals surface area contributed by atoms with Crippen molar-refractivity contribution >= 4 is 46.6 Å². The second-order valence-corrected chi connectivity index (χ2v) is 7.39. The first-order chi connectivity index (χ1) is 12.4. The van der Waals surface area contributed by atoms with Gasteiger partial charge in [0.1, 0.15) is 0 Å². The van der Waals surface area contributed by atoms with E-state index in [1.54, 1.807) is 22.9 Å². The third-order valence-corrected chi connectivity index (χ3v) is 5.18. The van der Waals surface area contributed by atoms with Crippen LogP contribution in [-0.2, 0) is 4.79 Å². The lowest BCUT2D eigenvalue weighted by Crippen LogP contribution is -2.15. The zero-order valence-corrected chi connectivity index (χ0v) is 16.4. The Balaban J connectivity index is 1.68. The average Bonchev–Trinajstić information content (AvgIpc) is 3.06. The first-order valence-corrected chi connectivity index (χ1v) is 9.42. The second kappa shape index (κ2) is 8.07. The Morgan fingerprint density at radius 3 is 2.69 bits per heavy atom. The number of rotatable bonds is 5. The summed E-state index contributed by atoms with van der Waals surface area (Å²) in [5, 5.41) is 15.9. The van der Waals surface area contributed by atoms with Crippen molar-refractivity contribution in [2.45, 2.75) is 19.0 Å². The van der Waals surface area contributed by atoms with Gasteiger partial charge in [0, 0.05) is 5.02 Å². The molecule has 1 amide bonds. The van der Waals surface area contributed by atoms with Crippen LogP contribution in [0.1, 0.15) is 11.1 Å². The molecular formula is C17H15Cl2N5OS. The molecule has 26 heavy (non-hydrogen) atoms. The summed E-state index contributed by atoms with van der Waals surface area (Å²) in [5.74, 6) is -0.0710. The van der Waals surface area contributed by atoms with Gasteiger partial charge in [-0.15, -0.1) is 5.10 Å². The summed E-state index contributed by atoms with van der Waals surface area (Å²) in [4.78, 5) is 12.2. The molecule has 9 heteroatoms. The molecule has 0 saturated heterocycles. The van der Waals surface area contributed by atoms with Gasteiger partial charge in [0.25, 0.3) is 0 Å². The number of thioether (sulfide) groups is 1. The van der Waals surface area contributed by atoms with Crippen LogP contribution in [0.15, 0.2) is 41.6 Å². The Labute approximate surface area is 164 Å². The normalized spacial score (nSPS) is 10.8. The fourth-order valence-corrected chi connectivity index (χ4v) is 3.34. The number of carbonyl (C=O) groups is 1. The number of nitrogens with zero attached hydrogens (tertiary/aromatic N) is 4. The largest absolute Gasteiger partial charge is 0.324 e. The Morgan fingerprint density at radius 1 is 1.15 bits per heavy atom. The smallest absolute Gasteiger partial charge is 0.234 e.